The van der Waals surface area contributed by atoms with Gasteiger partial charge in [0, 0.05) is 12.0 Å². The number of benzene rings is 2. The summed E-state index contributed by atoms with van der Waals surface area (Å²) in [6.45, 7) is 3.52. The molecule has 1 N–H and O–H groups in total. The van der Waals surface area contributed by atoms with E-state index in [0.29, 0.717) is 16.8 Å². The lowest BCUT2D eigenvalue weighted by Crippen LogP contribution is -2.48. The molecule has 3 atom stereocenters. The van der Waals surface area contributed by atoms with E-state index in [1.807, 2.05) is 56.3 Å². The van der Waals surface area contributed by atoms with Crippen molar-refractivity contribution in [1.29, 1.82) is 0 Å². The van der Waals surface area contributed by atoms with Crippen molar-refractivity contribution in [1.82, 2.24) is 24.8 Å². The van der Waals surface area contributed by atoms with Gasteiger partial charge >= 0.3 is 0 Å². The van der Waals surface area contributed by atoms with Crippen molar-refractivity contribution in [3.8, 4) is 0 Å². The van der Waals surface area contributed by atoms with E-state index in [-0.39, 0.29) is 31.3 Å². The average Bonchev–Trinajstić information content (AvgIpc) is 3.51. The lowest BCUT2D eigenvalue weighted by Gasteiger charge is -2.27. The second-order valence-corrected chi connectivity index (χ2v) is 9.88. The number of nitrogens with zero attached hydrogens (tertiary/aromatic N) is 4. The molecule has 4 aromatic rings. The van der Waals surface area contributed by atoms with Gasteiger partial charge in [-0.25, -0.2) is 14.4 Å². The third kappa shape index (κ3) is 5.14. The summed E-state index contributed by atoms with van der Waals surface area (Å²) in [4.78, 5) is 36.5. The van der Waals surface area contributed by atoms with E-state index in [1.165, 1.54) is 4.90 Å². The molecular formula is C29H29F2N5O2. The van der Waals surface area contributed by atoms with Gasteiger partial charge in [-0.15, -0.1) is 0 Å². The predicted octanol–water partition coefficient (Wildman–Crippen LogP) is 4.54. The Labute approximate surface area is 219 Å². The minimum absolute atomic E-state index is 0.0477. The SMILES string of the molecule is CC(C)c1ccc(C(NC(=O)C2CC(F)CN2C(=O)Cn2cnc3ccccc32)c2ccccc2)nc1F. The summed E-state index contributed by atoms with van der Waals surface area (Å²) in [5.41, 5.74) is 3.02. The van der Waals surface area contributed by atoms with Gasteiger partial charge in [0.1, 0.15) is 18.8 Å². The monoisotopic (exact) mass is 517 g/mol. The Kier molecular flexibility index (Phi) is 7.18. The molecule has 3 heterocycles. The number of halogens is 2. The van der Waals surface area contributed by atoms with Crippen LogP contribution in [0.5, 0.6) is 0 Å². The number of imidazole rings is 1. The van der Waals surface area contributed by atoms with Crippen LogP contribution in [0.4, 0.5) is 8.78 Å². The van der Waals surface area contributed by atoms with Crippen LogP contribution in [0.25, 0.3) is 11.0 Å². The van der Waals surface area contributed by atoms with Crippen LogP contribution in [0.3, 0.4) is 0 Å². The Hall–Kier alpha value is -4.14. The molecule has 2 aromatic heterocycles. The van der Waals surface area contributed by atoms with Gasteiger partial charge in [-0.05, 0) is 29.7 Å². The second-order valence-electron chi connectivity index (χ2n) is 9.88. The van der Waals surface area contributed by atoms with E-state index in [4.69, 9.17) is 0 Å². The van der Waals surface area contributed by atoms with Crippen molar-refractivity contribution < 1.29 is 18.4 Å². The van der Waals surface area contributed by atoms with E-state index in [1.54, 1.807) is 35.2 Å². The number of carbonyl (C=O) groups is 2. The first-order valence-electron chi connectivity index (χ1n) is 12.7. The Bertz CT molecular complexity index is 1460. The number of likely N-dealkylation sites (tertiary alicyclic amines) is 1. The number of fused-ring (bicyclic) bond motifs is 1. The molecule has 0 spiro atoms. The van der Waals surface area contributed by atoms with E-state index in [9.17, 15) is 18.4 Å². The highest BCUT2D eigenvalue weighted by atomic mass is 19.1. The maximum atomic E-state index is 14.8. The maximum absolute atomic E-state index is 14.8. The standard InChI is InChI=1S/C29H29F2N5O2/c1-18(2)21-12-13-23(33-28(21)31)27(19-8-4-3-5-9-19)34-29(38)25-14-20(30)15-36(25)26(37)16-35-17-32-22-10-6-7-11-24(22)35/h3-13,17-18,20,25,27H,14-16H2,1-2H3,(H,34,38). The molecule has 7 nitrogen and oxygen atoms in total. The van der Waals surface area contributed by atoms with Gasteiger partial charge in [-0.3, -0.25) is 9.59 Å². The smallest absolute Gasteiger partial charge is 0.243 e. The predicted molar refractivity (Wildman–Crippen MR) is 139 cm³/mol. The zero-order valence-corrected chi connectivity index (χ0v) is 21.2. The summed E-state index contributed by atoms with van der Waals surface area (Å²) in [5, 5.41) is 2.91. The van der Waals surface area contributed by atoms with Gasteiger partial charge in [0.05, 0.1) is 35.6 Å². The minimum Gasteiger partial charge on any atom is -0.342 e. The number of amides is 2. The highest BCUT2D eigenvalue weighted by Gasteiger charge is 2.40. The highest BCUT2D eigenvalue weighted by Crippen LogP contribution is 2.27. The van der Waals surface area contributed by atoms with Crippen molar-refractivity contribution in [3.05, 3.63) is 95.8 Å². The number of aromatic nitrogens is 3. The van der Waals surface area contributed by atoms with E-state index in [2.05, 4.69) is 15.3 Å². The van der Waals surface area contributed by atoms with Crippen LogP contribution in [-0.2, 0) is 16.1 Å². The fraction of sp³-hybridized carbons (Fsp3) is 0.310. The normalized spacial score (nSPS) is 18.2. The van der Waals surface area contributed by atoms with Crippen molar-refractivity contribution in [2.75, 3.05) is 6.54 Å². The molecular weight excluding hydrogens is 488 g/mol. The molecule has 2 amide bonds. The van der Waals surface area contributed by atoms with E-state index >= 15 is 0 Å². The molecule has 1 aliphatic heterocycles. The molecule has 1 saturated heterocycles. The van der Waals surface area contributed by atoms with Crippen LogP contribution in [0, 0.1) is 5.95 Å². The minimum atomic E-state index is -1.33. The summed E-state index contributed by atoms with van der Waals surface area (Å²) >= 11 is 0. The number of nitrogens with one attached hydrogen (secondary N) is 1. The molecule has 0 aliphatic carbocycles. The first-order chi connectivity index (χ1) is 18.3. The number of carbonyl (C=O) groups excluding carboxylic acids is 2. The molecule has 1 aliphatic rings. The van der Waals surface area contributed by atoms with Crippen LogP contribution >= 0.6 is 0 Å². The summed E-state index contributed by atoms with van der Waals surface area (Å²) < 4.78 is 31.1. The molecule has 3 unspecified atom stereocenters. The zero-order valence-electron chi connectivity index (χ0n) is 21.2. The number of hydrogen-bond acceptors (Lipinski definition) is 4. The molecule has 2 aromatic carbocycles. The Morgan fingerprint density at radius 3 is 2.53 bits per heavy atom. The lowest BCUT2D eigenvalue weighted by atomic mass is 9.99. The van der Waals surface area contributed by atoms with Crippen molar-refractivity contribution in [2.24, 2.45) is 0 Å². The Morgan fingerprint density at radius 1 is 1.05 bits per heavy atom. The molecule has 38 heavy (non-hydrogen) atoms. The molecule has 0 saturated carbocycles. The number of pyridine rings is 1. The number of rotatable bonds is 7. The van der Waals surface area contributed by atoms with E-state index < -0.39 is 30.1 Å². The highest BCUT2D eigenvalue weighted by molar-refractivity contribution is 5.89. The van der Waals surface area contributed by atoms with E-state index in [0.717, 1.165) is 11.0 Å². The fourth-order valence-electron chi connectivity index (χ4n) is 4.94. The average molecular weight is 518 g/mol. The zero-order chi connectivity index (χ0) is 26.8. The maximum Gasteiger partial charge on any atom is 0.243 e. The molecule has 196 valence electrons. The van der Waals surface area contributed by atoms with Crippen LogP contribution in [0.15, 0.2) is 73.1 Å². The number of hydrogen-bond donors (Lipinski definition) is 1. The van der Waals surface area contributed by atoms with Crippen molar-refractivity contribution >= 4 is 22.8 Å². The second kappa shape index (κ2) is 10.7. The first-order valence-corrected chi connectivity index (χ1v) is 12.7. The number of alkyl halides is 1. The Balaban J connectivity index is 1.39. The van der Waals surface area contributed by atoms with Gasteiger partial charge < -0.3 is 14.8 Å². The molecule has 5 rings (SSSR count). The third-order valence-corrected chi connectivity index (χ3v) is 6.94. The summed E-state index contributed by atoms with van der Waals surface area (Å²) in [5.74, 6) is -1.54. The lowest BCUT2D eigenvalue weighted by molar-refractivity contribution is -0.139. The van der Waals surface area contributed by atoms with Gasteiger partial charge in [0.25, 0.3) is 0 Å². The number of para-hydroxylation sites is 2. The third-order valence-electron chi connectivity index (χ3n) is 6.94. The molecule has 1 fully saturated rings. The summed E-state index contributed by atoms with van der Waals surface area (Å²) in [6, 6.07) is 18.1. The summed E-state index contributed by atoms with van der Waals surface area (Å²) in [6.07, 6.45) is 0.121. The summed E-state index contributed by atoms with van der Waals surface area (Å²) in [7, 11) is 0. The van der Waals surface area contributed by atoms with Crippen molar-refractivity contribution in [3.63, 3.8) is 0 Å². The van der Waals surface area contributed by atoms with Crippen LogP contribution < -0.4 is 5.32 Å². The first kappa shape index (κ1) is 25.5. The van der Waals surface area contributed by atoms with Gasteiger partial charge in [0.2, 0.25) is 17.8 Å². The van der Waals surface area contributed by atoms with Crippen LogP contribution in [0.2, 0.25) is 0 Å². The van der Waals surface area contributed by atoms with Gasteiger partial charge in [0.15, 0.2) is 0 Å². The fourth-order valence-corrected chi connectivity index (χ4v) is 4.94. The topological polar surface area (TPSA) is 80.1 Å². The van der Waals surface area contributed by atoms with Crippen LogP contribution in [-0.4, -0.2) is 50.0 Å². The van der Waals surface area contributed by atoms with Gasteiger partial charge in [-0.2, -0.15) is 4.39 Å². The van der Waals surface area contributed by atoms with Crippen molar-refractivity contribution in [2.45, 2.75) is 51.0 Å². The molecule has 0 bridgehead atoms. The van der Waals surface area contributed by atoms with Gasteiger partial charge in [-0.1, -0.05) is 62.4 Å². The molecule has 9 heteroatoms. The molecule has 0 radical (unpaired) electrons. The van der Waals surface area contributed by atoms with Crippen LogP contribution in [0.1, 0.15) is 49.0 Å². The Morgan fingerprint density at radius 2 is 1.79 bits per heavy atom. The quantitative estimate of drug-likeness (QED) is 0.365. The largest absolute Gasteiger partial charge is 0.342 e.